The Balaban J connectivity index is 1.12. The first kappa shape index (κ1) is 18.9. The lowest BCUT2D eigenvalue weighted by Crippen LogP contribution is -2.32. The molecular formula is C23H29FN4O. The average Bonchev–Trinajstić information content (AvgIpc) is 3.28. The maximum atomic E-state index is 13.1. The molecule has 3 heterocycles. The van der Waals surface area contributed by atoms with Crippen molar-refractivity contribution in [2.24, 2.45) is 17.8 Å². The Bertz CT molecular complexity index is 793. The molecule has 6 heteroatoms. The molecule has 0 bridgehead atoms. The van der Waals surface area contributed by atoms with E-state index in [0.717, 1.165) is 48.0 Å². The molecule has 154 valence electrons. The number of hydrogen-bond donors (Lipinski definition) is 1. The molecule has 3 aliphatic rings. The third kappa shape index (κ3) is 4.43. The van der Waals surface area contributed by atoms with Gasteiger partial charge in [-0.15, -0.1) is 10.2 Å². The maximum Gasteiger partial charge on any atom is 0.148 e. The highest BCUT2D eigenvalue weighted by Gasteiger charge is 2.41. The van der Waals surface area contributed by atoms with E-state index in [2.05, 4.69) is 20.4 Å². The predicted octanol–water partition coefficient (Wildman–Crippen LogP) is 3.83. The molecule has 2 saturated heterocycles. The van der Waals surface area contributed by atoms with Crippen molar-refractivity contribution in [2.45, 2.75) is 31.7 Å². The molecule has 29 heavy (non-hydrogen) atoms. The number of fused-ring (bicyclic) bond motifs is 1. The fourth-order valence-corrected chi connectivity index (χ4v) is 5.35. The minimum Gasteiger partial charge on any atom is -0.381 e. The average molecular weight is 397 g/mol. The van der Waals surface area contributed by atoms with Crippen molar-refractivity contribution in [1.29, 1.82) is 0 Å². The summed E-state index contributed by atoms with van der Waals surface area (Å²) in [5.74, 6) is 3.03. The van der Waals surface area contributed by atoms with Crippen LogP contribution in [0.1, 0.15) is 25.7 Å². The molecule has 3 fully saturated rings. The Morgan fingerprint density at radius 1 is 0.966 bits per heavy atom. The largest absolute Gasteiger partial charge is 0.381 e. The summed E-state index contributed by atoms with van der Waals surface area (Å²) in [5.41, 5.74) is 1.65. The van der Waals surface area contributed by atoms with Gasteiger partial charge in [0.1, 0.15) is 11.6 Å². The Kier molecular flexibility index (Phi) is 5.46. The van der Waals surface area contributed by atoms with Gasteiger partial charge >= 0.3 is 0 Å². The normalized spacial score (nSPS) is 27.8. The van der Waals surface area contributed by atoms with Crippen LogP contribution in [-0.4, -0.2) is 54.0 Å². The van der Waals surface area contributed by atoms with Gasteiger partial charge in [0.25, 0.3) is 0 Å². The minimum absolute atomic E-state index is 0.238. The summed E-state index contributed by atoms with van der Waals surface area (Å²) in [6.45, 7) is 5.63. The standard InChI is InChI=1S/C23H29FN4O/c24-20-3-1-17(2-4-20)22-5-6-23(27-26-22)25-21-11-18-14-28(15-19(18)12-21)13-16-7-9-29-10-8-16/h1-6,16,18-19,21H,7-15H2,(H,25,27). The van der Waals surface area contributed by atoms with E-state index >= 15 is 0 Å². The second-order valence-electron chi connectivity index (χ2n) is 8.92. The van der Waals surface area contributed by atoms with Gasteiger partial charge in [0, 0.05) is 44.5 Å². The highest BCUT2D eigenvalue weighted by molar-refractivity contribution is 5.59. The van der Waals surface area contributed by atoms with Crippen LogP contribution in [0.2, 0.25) is 0 Å². The van der Waals surface area contributed by atoms with Crippen molar-refractivity contribution < 1.29 is 9.13 Å². The van der Waals surface area contributed by atoms with Crippen LogP contribution >= 0.6 is 0 Å². The SMILES string of the molecule is Fc1ccc(-c2ccc(NC3CC4CN(CC5CCOCC5)CC4C3)nn2)cc1. The molecule has 1 saturated carbocycles. The molecule has 2 atom stereocenters. The number of ether oxygens (including phenoxy) is 1. The first-order valence-corrected chi connectivity index (χ1v) is 10.9. The highest BCUT2D eigenvalue weighted by Crippen LogP contribution is 2.39. The Labute approximate surface area is 171 Å². The van der Waals surface area contributed by atoms with E-state index < -0.39 is 0 Å². The summed E-state index contributed by atoms with van der Waals surface area (Å²) in [7, 11) is 0. The van der Waals surface area contributed by atoms with Gasteiger partial charge in [0.2, 0.25) is 0 Å². The smallest absolute Gasteiger partial charge is 0.148 e. The Morgan fingerprint density at radius 3 is 2.34 bits per heavy atom. The van der Waals surface area contributed by atoms with Crippen molar-refractivity contribution >= 4 is 5.82 Å². The first-order chi connectivity index (χ1) is 14.2. The number of hydrogen-bond acceptors (Lipinski definition) is 5. The molecule has 2 aromatic rings. The Morgan fingerprint density at radius 2 is 1.69 bits per heavy atom. The summed E-state index contributed by atoms with van der Waals surface area (Å²) in [6.07, 6.45) is 4.89. The Hall–Kier alpha value is -2.05. The number of aromatic nitrogens is 2. The quantitative estimate of drug-likeness (QED) is 0.832. The van der Waals surface area contributed by atoms with Crippen LogP contribution in [-0.2, 0) is 4.74 Å². The molecule has 0 amide bonds. The second-order valence-corrected chi connectivity index (χ2v) is 8.92. The lowest BCUT2D eigenvalue weighted by Gasteiger charge is -2.27. The van der Waals surface area contributed by atoms with Gasteiger partial charge in [0.15, 0.2) is 0 Å². The zero-order chi connectivity index (χ0) is 19.6. The number of nitrogens with zero attached hydrogens (tertiary/aromatic N) is 3. The fourth-order valence-electron chi connectivity index (χ4n) is 5.35. The van der Waals surface area contributed by atoms with E-state index in [1.165, 1.54) is 57.5 Å². The van der Waals surface area contributed by atoms with Crippen LogP contribution in [0.4, 0.5) is 10.2 Å². The van der Waals surface area contributed by atoms with Gasteiger partial charge in [-0.3, -0.25) is 0 Å². The van der Waals surface area contributed by atoms with Gasteiger partial charge in [-0.25, -0.2) is 4.39 Å². The summed E-state index contributed by atoms with van der Waals surface area (Å²) in [6, 6.07) is 10.8. The lowest BCUT2D eigenvalue weighted by atomic mass is 10.00. The second kappa shape index (κ2) is 8.36. The zero-order valence-corrected chi connectivity index (χ0v) is 16.8. The van der Waals surface area contributed by atoms with E-state index in [1.54, 1.807) is 12.1 Å². The summed E-state index contributed by atoms with van der Waals surface area (Å²) >= 11 is 0. The van der Waals surface area contributed by atoms with Gasteiger partial charge in [-0.05, 0) is 79.8 Å². The molecule has 5 nitrogen and oxygen atoms in total. The van der Waals surface area contributed by atoms with E-state index in [9.17, 15) is 4.39 Å². The summed E-state index contributed by atoms with van der Waals surface area (Å²) < 4.78 is 18.6. The van der Waals surface area contributed by atoms with Gasteiger partial charge in [-0.2, -0.15) is 0 Å². The third-order valence-corrected chi connectivity index (χ3v) is 6.84. The lowest BCUT2D eigenvalue weighted by molar-refractivity contribution is 0.0545. The van der Waals surface area contributed by atoms with E-state index in [4.69, 9.17) is 4.74 Å². The number of rotatable bonds is 5. The van der Waals surface area contributed by atoms with Crippen molar-refractivity contribution in [3.63, 3.8) is 0 Å². The molecule has 2 aliphatic heterocycles. The molecule has 1 aromatic carbocycles. The third-order valence-electron chi connectivity index (χ3n) is 6.84. The summed E-state index contributed by atoms with van der Waals surface area (Å²) in [5, 5.41) is 12.3. The van der Waals surface area contributed by atoms with Gasteiger partial charge in [-0.1, -0.05) is 0 Å². The number of halogens is 1. The first-order valence-electron chi connectivity index (χ1n) is 10.9. The minimum atomic E-state index is -0.238. The van der Waals surface area contributed by atoms with Crippen LogP contribution in [0.3, 0.4) is 0 Å². The number of anilines is 1. The van der Waals surface area contributed by atoms with Crippen LogP contribution in [0, 0.1) is 23.6 Å². The molecular weight excluding hydrogens is 367 g/mol. The van der Waals surface area contributed by atoms with E-state index in [1.807, 2.05) is 12.1 Å². The monoisotopic (exact) mass is 396 g/mol. The van der Waals surface area contributed by atoms with Crippen LogP contribution in [0.15, 0.2) is 36.4 Å². The van der Waals surface area contributed by atoms with Gasteiger partial charge < -0.3 is 15.0 Å². The van der Waals surface area contributed by atoms with Crippen molar-refractivity contribution in [3.05, 3.63) is 42.2 Å². The number of nitrogens with one attached hydrogen (secondary N) is 1. The van der Waals surface area contributed by atoms with E-state index in [0.29, 0.717) is 6.04 Å². The number of benzene rings is 1. The van der Waals surface area contributed by atoms with Gasteiger partial charge in [0.05, 0.1) is 5.69 Å². The molecule has 0 spiro atoms. The predicted molar refractivity (Wildman–Crippen MR) is 111 cm³/mol. The van der Waals surface area contributed by atoms with E-state index in [-0.39, 0.29) is 5.82 Å². The summed E-state index contributed by atoms with van der Waals surface area (Å²) in [4.78, 5) is 2.69. The topological polar surface area (TPSA) is 50.3 Å². The van der Waals surface area contributed by atoms with Crippen molar-refractivity contribution in [3.8, 4) is 11.3 Å². The maximum absolute atomic E-state index is 13.1. The van der Waals surface area contributed by atoms with Crippen LogP contribution in [0.5, 0.6) is 0 Å². The highest BCUT2D eigenvalue weighted by atomic mass is 19.1. The molecule has 1 aromatic heterocycles. The number of likely N-dealkylation sites (tertiary alicyclic amines) is 1. The van der Waals surface area contributed by atoms with Crippen molar-refractivity contribution in [1.82, 2.24) is 15.1 Å². The molecule has 5 rings (SSSR count). The molecule has 0 radical (unpaired) electrons. The van der Waals surface area contributed by atoms with Crippen LogP contribution < -0.4 is 5.32 Å². The molecule has 1 N–H and O–H groups in total. The van der Waals surface area contributed by atoms with Crippen molar-refractivity contribution in [2.75, 3.05) is 38.2 Å². The molecule has 1 aliphatic carbocycles. The molecule has 2 unspecified atom stereocenters. The fraction of sp³-hybridized carbons (Fsp3) is 0.565. The van der Waals surface area contributed by atoms with Crippen LogP contribution in [0.25, 0.3) is 11.3 Å². The zero-order valence-electron chi connectivity index (χ0n) is 16.8.